The number of allylic oxidation sites excluding steroid dienone is 8. The molecular weight excluding hydrogens is 802 g/mol. The highest BCUT2D eigenvalue weighted by molar-refractivity contribution is 8.00. The highest BCUT2D eigenvalue weighted by Gasteiger charge is 2.29. The number of nitrogens with one attached hydrogen (secondary N) is 1. The van der Waals surface area contributed by atoms with Crippen molar-refractivity contribution in [2.75, 3.05) is 46.7 Å². The van der Waals surface area contributed by atoms with Crippen LogP contribution in [0.25, 0.3) is 0 Å². The van der Waals surface area contributed by atoms with E-state index < -0.39 is 55.8 Å². The van der Waals surface area contributed by atoms with Crippen molar-refractivity contribution in [2.45, 2.75) is 172 Å². The summed E-state index contributed by atoms with van der Waals surface area (Å²) in [6.07, 6.45) is 37.3. The number of carboxylic acids is 1. The molecule has 60 heavy (non-hydrogen) atoms. The van der Waals surface area contributed by atoms with Crippen molar-refractivity contribution in [2.24, 2.45) is 5.73 Å². The fraction of sp³-hybridized carbons (Fsp3) is 0.739. The number of carbonyl (C=O) groups is 2. The van der Waals surface area contributed by atoms with Crippen molar-refractivity contribution in [3.63, 3.8) is 0 Å². The van der Waals surface area contributed by atoms with Crippen LogP contribution in [0, 0.1) is 0 Å². The number of aliphatic hydroxyl groups is 2. The molecule has 0 bridgehead atoms. The lowest BCUT2D eigenvalue weighted by atomic mass is 10.0. The minimum atomic E-state index is -4.50. The van der Waals surface area contributed by atoms with Gasteiger partial charge in [-0.3, -0.25) is 18.6 Å². The Hall–Kier alpha value is -2.06. The highest BCUT2D eigenvalue weighted by Crippen LogP contribution is 2.43. The number of carboxylic acid groups (broad SMARTS) is 1. The Morgan fingerprint density at radius 1 is 0.767 bits per heavy atom. The Kier molecular flexibility index (Phi) is 36.2. The predicted octanol–water partition coefficient (Wildman–Crippen LogP) is 9.17. The monoisotopic (exact) mass is 887 g/mol. The maximum Gasteiger partial charge on any atom is 0.472 e. The Morgan fingerprint density at radius 2 is 1.35 bits per heavy atom. The zero-order valence-corrected chi connectivity index (χ0v) is 39.6. The lowest BCUT2D eigenvalue weighted by Gasteiger charge is -2.26. The van der Waals surface area contributed by atoms with Crippen LogP contribution in [-0.4, -0.2) is 113 Å². The van der Waals surface area contributed by atoms with Crippen molar-refractivity contribution in [1.29, 1.82) is 0 Å². The number of aliphatic carboxylic acids is 1. The van der Waals surface area contributed by atoms with E-state index in [9.17, 15) is 29.3 Å². The van der Waals surface area contributed by atoms with Crippen LogP contribution >= 0.6 is 19.6 Å². The molecule has 7 N–H and O–H groups in total. The topological polar surface area (TPSA) is 189 Å². The third kappa shape index (κ3) is 36.6. The van der Waals surface area contributed by atoms with Crippen LogP contribution in [0.15, 0.2) is 60.8 Å². The molecule has 6 atom stereocenters. The molecule has 12 nitrogen and oxygen atoms in total. The molecule has 0 radical (unpaired) electrons. The number of quaternary nitrogens is 1. The van der Waals surface area contributed by atoms with Crippen LogP contribution in [0.3, 0.4) is 0 Å². The van der Waals surface area contributed by atoms with Crippen LogP contribution in [0.4, 0.5) is 0 Å². The van der Waals surface area contributed by atoms with Gasteiger partial charge in [-0.05, 0) is 44.9 Å². The number of carbonyl (C=O) groups excluding carboxylic acids is 1. The minimum Gasteiger partial charge on any atom is -0.481 e. The quantitative estimate of drug-likeness (QED) is 0.0113. The second-order valence-electron chi connectivity index (χ2n) is 16.6. The Bertz CT molecular complexity index is 1290. The molecule has 0 aliphatic carbocycles. The second kappa shape index (κ2) is 37.5. The molecule has 0 aromatic heterocycles. The number of amides is 1. The van der Waals surface area contributed by atoms with Gasteiger partial charge in [-0.25, -0.2) is 4.57 Å². The van der Waals surface area contributed by atoms with E-state index in [1.54, 1.807) is 18.2 Å². The summed E-state index contributed by atoms with van der Waals surface area (Å²) in [6, 6.07) is -2.17. The number of nitrogens with zero attached hydrogens (tertiary/aromatic N) is 1. The van der Waals surface area contributed by atoms with Crippen molar-refractivity contribution < 1.29 is 47.9 Å². The number of rotatable bonds is 40. The molecule has 0 spiro atoms. The SMILES string of the molecule is CCCCC/C=C\C\C=C/C=C/C=C/[C@@H](SC[C@H](N)C(=O)N[C@@H](COP(=O)(O)OCC[N+](C)(C)C)[C@H](O)/C=C/CCCCCCCCCCCCC)[C@@H](O)CCCC(=O)O. The van der Waals surface area contributed by atoms with E-state index in [0.717, 1.165) is 38.5 Å². The Morgan fingerprint density at radius 3 is 1.98 bits per heavy atom. The minimum absolute atomic E-state index is 0.0288. The van der Waals surface area contributed by atoms with Gasteiger partial charge in [0.05, 0.1) is 52.0 Å². The van der Waals surface area contributed by atoms with E-state index in [4.69, 9.17) is 19.9 Å². The number of likely N-dealkylation sites (N-methyl/N-ethyl adjacent to an activating group) is 1. The van der Waals surface area contributed by atoms with Crippen LogP contribution in [0.5, 0.6) is 0 Å². The maximum atomic E-state index is 13.4. The fourth-order valence-electron chi connectivity index (χ4n) is 5.93. The molecule has 0 rings (SSSR count). The van der Waals surface area contributed by atoms with Crippen molar-refractivity contribution >= 4 is 31.5 Å². The lowest BCUT2D eigenvalue weighted by molar-refractivity contribution is -0.870. The van der Waals surface area contributed by atoms with Crippen LogP contribution in [0.2, 0.25) is 0 Å². The molecule has 0 aromatic rings. The van der Waals surface area contributed by atoms with E-state index in [-0.39, 0.29) is 25.2 Å². The second-order valence-corrected chi connectivity index (χ2v) is 19.3. The average Bonchev–Trinajstić information content (AvgIpc) is 3.18. The summed E-state index contributed by atoms with van der Waals surface area (Å²) in [6.45, 7) is 4.35. The van der Waals surface area contributed by atoms with Gasteiger partial charge in [-0.1, -0.05) is 152 Å². The van der Waals surface area contributed by atoms with Gasteiger partial charge in [0.2, 0.25) is 5.91 Å². The molecular formula is C46H85N3O9PS+. The van der Waals surface area contributed by atoms with Gasteiger partial charge >= 0.3 is 13.8 Å². The van der Waals surface area contributed by atoms with E-state index >= 15 is 0 Å². The molecule has 0 aliphatic rings. The summed E-state index contributed by atoms with van der Waals surface area (Å²) in [5.74, 6) is -1.46. The molecule has 0 saturated carbocycles. The van der Waals surface area contributed by atoms with Gasteiger partial charge in [-0.15, -0.1) is 11.8 Å². The first-order chi connectivity index (χ1) is 28.6. The number of phosphoric ester groups is 1. The number of unbranched alkanes of at least 4 members (excludes halogenated alkanes) is 14. The summed E-state index contributed by atoms with van der Waals surface area (Å²) in [5, 5.41) is 33.4. The summed E-state index contributed by atoms with van der Waals surface area (Å²) in [7, 11) is 1.26. The lowest BCUT2D eigenvalue weighted by Crippen LogP contribution is -2.52. The highest BCUT2D eigenvalue weighted by atomic mass is 32.2. The van der Waals surface area contributed by atoms with Crippen LogP contribution in [-0.2, 0) is 23.2 Å². The van der Waals surface area contributed by atoms with Crippen LogP contribution < -0.4 is 11.1 Å². The molecule has 14 heteroatoms. The summed E-state index contributed by atoms with van der Waals surface area (Å²) >= 11 is 1.26. The van der Waals surface area contributed by atoms with E-state index in [1.807, 2.05) is 45.4 Å². The largest absolute Gasteiger partial charge is 0.481 e. The third-order valence-corrected chi connectivity index (χ3v) is 12.1. The number of hydrogen-bond donors (Lipinski definition) is 6. The Labute approximate surface area is 368 Å². The van der Waals surface area contributed by atoms with Gasteiger partial charge in [-0.2, -0.15) is 0 Å². The summed E-state index contributed by atoms with van der Waals surface area (Å²) in [4.78, 5) is 34.8. The van der Waals surface area contributed by atoms with Gasteiger partial charge < -0.3 is 35.7 Å². The van der Waals surface area contributed by atoms with Crippen molar-refractivity contribution in [3.05, 3.63) is 60.8 Å². The summed E-state index contributed by atoms with van der Waals surface area (Å²) in [5.41, 5.74) is 6.32. The maximum absolute atomic E-state index is 13.4. The number of hydrogen-bond acceptors (Lipinski definition) is 9. The first-order valence-corrected chi connectivity index (χ1v) is 25.2. The average molecular weight is 887 g/mol. The molecule has 0 heterocycles. The molecule has 0 fully saturated rings. The number of nitrogens with two attached hydrogens (primary N) is 1. The van der Waals surface area contributed by atoms with Crippen molar-refractivity contribution in [1.82, 2.24) is 5.32 Å². The number of phosphoric acid groups is 1. The normalized spacial score (nSPS) is 16.3. The predicted molar refractivity (Wildman–Crippen MR) is 250 cm³/mol. The molecule has 0 aliphatic heterocycles. The van der Waals surface area contributed by atoms with E-state index in [1.165, 1.54) is 82.4 Å². The van der Waals surface area contributed by atoms with Gasteiger partial charge in [0, 0.05) is 17.4 Å². The third-order valence-electron chi connectivity index (χ3n) is 9.74. The fourth-order valence-corrected chi connectivity index (χ4v) is 7.81. The van der Waals surface area contributed by atoms with Gasteiger partial charge in [0.15, 0.2) is 0 Å². The standard InChI is InChI=1S/C46H84N3O9PS/c1-6-8-10-12-14-16-18-20-21-23-25-27-29-32-42(50)41(38-58-59(55,56)57-37-36-49(3,4)5)48-46(54)40(47)39-60-44(43(51)33-31-35-45(52)53)34-30-28-26-24-22-19-17-15-13-11-9-7-2/h15,17,22,24,26,28-30,32,34,40-44,50-51H,6-14,16,18-21,23,25,27,31,33,35-39,47H2,1-5H3,(H2-,48,52,53,54,55,56)/p+1/b17-15-,24-22-,28-26+,32-29+,34-30+/t40-,41-,42+,43-,44+/m0/s1. The first kappa shape index (κ1) is 57.9. The molecule has 348 valence electrons. The Balaban J connectivity index is 5.46. The summed E-state index contributed by atoms with van der Waals surface area (Å²) < 4.78 is 23.6. The van der Waals surface area contributed by atoms with Gasteiger partial charge in [0.1, 0.15) is 13.2 Å². The van der Waals surface area contributed by atoms with Crippen molar-refractivity contribution in [3.8, 4) is 0 Å². The zero-order chi connectivity index (χ0) is 44.9. The van der Waals surface area contributed by atoms with Crippen LogP contribution in [0.1, 0.15) is 142 Å². The van der Waals surface area contributed by atoms with E-state index in [0.29, 0.717) is 17.4 Å². The van der Waals surface area contributed by atoms with Gasteiger partial charge in [0.25, 0.3) is 0 Å². The number of aliphatic hydroxyl groups excluding tert-OH is 2. The molecule has 1 amide bonds. The molecule has 0 saturated heterocycles. The van der Waals surface area contributed by atoms with E-state index in [2.05, 4.69) is 37.4 Å². The molecule has 1 unspecified atom stereocenters. The zero-order valence-electron chi connectivity index (χ0n) is 37.8. The molecule has 0 aromatic carbocycles. The number of thioether (sulfide) groups is 1. The smallest absolute Gasteiger partial charge is 0.472 e. The first-order valence-electron chi connectivity index (χ1n) is 22.6.